The van der Waals surface area contributed by atoms with Crippen LogP contribution in [0.4, 0.5) is 5.82 Å². The van der Waals surface area contributed by atoms with E-state index in [9.17, 15) is 0 Å². The van der Waals surface area contributed by atoms with Crippen molar-refractivity contribution in [3.05, 3.63) is 23.8 Å². The van der Waals surface area contributed by atoms with Crippen molar-refractivity contribution in [2.24, 2.45) is 7.05 Å². The summed E-state index contributed by atoms with van der Waals surface area (Å²) in [5.74, 6) is 1.72. The van der Waals surface area contributed by atoms with Crippen molar-refractivity contribution >= 4 is 16.7 Å². The Morgan fingerprint density at radius 3 is 2.43 bits per heavy atom. The van der Waals surface area contributed by atoms with Crippen molar-refractivity contribution in [3.8, 4) is 0 Å². The zero-order valence-electron chi connectivity index (χ0n) is 13.9. The molecule has 1 fully saturated rings. The van der Waals surface area contributed by atoms with Crippen molar-refractivity contribution in [1.82, 2.24) is 9.78 Å². The van der Waals surface area contributed by atoms with Gasteiger partial charge in [0.2, 0.25) is 0 Å². The molecule has 0 N–H and O–H groups in total. The second-order valence-electron chi connectivity index (χ2n) is 7.25. The lowest BCUT2D eigenvalue weighted by molar-refractivity contribution is -0.890. The monoisotopic (exact) mass is 287 g/mol. The van der Waals surface area contributed by atoms with Gasteiger partial charge in [-0.05, 0) is 23.6 Å². The highest BCUT2D eigenvalue weighted by molar-refractivity contribution is 5.91. The Balaban J connectivity index is 2.00. The average Bonchev–Trinajstić information content (AvgIpc) is 2.76. The third-order valence-electron chi connectivity index (χ3n) is 4.77. The van der Waals surface area contributed by atoms with Crippen LogP contribution in [-0.2, 0) is 7.05 Å². The molecule has 0 aliphatic carbocycles. The number of quaternary nitrogens is 1. The smallest absolute Gasteiger partial charge is 0.158 e. The zero-order chi connectivity index (χ0) is 15.2. The van der Waals surface area contributed by atoms with E-state index in [0.29, 0.717) is 5.92 Å². The molecule has 1 aromatic heterocycles. The van der Waals surface area contributed by atoms with E-state index < -0.39 is 0 Å². The number of aryl methyl sites for hydroxylation is 1. The molecular formula is C17H27N4+. The first-order chi connectivity index (χ1) is 9.87. The highest BCUT2D eigenvalue weighted by Gasteiger charge is 2.27. The van der Waals surface area contributed by atoms with Crippen molar-refractivity contribution in [2.45, 2.75) is 19.8 Å². The molecule has 0 amide bonds. The van der Waals surface area contributed by atoms with E-state index in [0.717, 1.165) is 23.4 Å². The molecule has 21 heavy (non-hydrogen) atoms. The molecule has 1 aliphatic heterocycles. The van der Waals surface area contributed by atoms with Gasteiger partial charge in [0.1, 0.15) is 0 Å². The number of aromatic nitrogens is 2. The highest BCUT2D eigenvalue weighted by atomic mass is 15.4. The first-order valence-electron chi connectivity index (χ1n) is 7.91. The van der Waals surface area contributed by atoms with Gasteiger partial charge in [-0.1, -0.05) is 19.9 Å². The van der Waals surface area contributed by atoms with Gasteiger partial charge in [0.15, 0.2) is 5.82 Å². The lowest BCUT2D eigenvalue weighted by Gasteiger charge is -2.39. The normalized spacial score (nSPS) is 18.7. The topological polar surface area (TPSA) is 21.1 Å². The predicted octanol–water partition coefficient (Wildman–Crippen LogP) is 2.59. The number of likely N-dealkylation sites (N-methyl/N-ethyl adjacent to an activating group) is 1. The van der Waals surface area contributed by atoms with Crippen LogP contribution >= 0.6 is 0 Å². The van der Waals surface area contributed by atoms with Crippen LogP contribution in [0.2, 0.25) is 0 Å². The van der Waals surface area contributed by atoms with Crippen LogP contribution in [0.25, 0.3) is 10.9 Å². The summed E-state index contributed by atoms with van der Waals surface area (Å²) in [6, 6.07) is 6.77. The number of piperazine rings is 1. The summed E-state index contributed by atoms with van der Waals surface area (Å²) in [6.45, 7) is 9.04. The second kappa shape index (κ2) is 5.02. The molecule has 0 bridgehead atoms. The van der Waals surface area contributed by atoms with Crippen LogP contribution in [0.15, 0.2) is 18.2 Å². The fourth-order valence-corrected chi connectivity index (χ4v) is 3.08. The Morgan fingerprint density at radius 2 is 1.81 bits per heavy atom. The minimum atomic E-state index is 0.555. The first kappa shape index (κ1) is 14.4. The molecule has 1 saturated heterocycles. The standard InChI is InChI=1S/C17H27N4/c1-13(2)14-6-7-16-15(12-14)17(18-19(16)3)20-8-10-21(4,5)11-9-20/h6-7,12-13H,8-11H2,1-5H3/q+1. The molecule has 0 saturated carbocycles. The van der Waals surface area contributed by atoms with Crippen LogP contribution < -0.4 is 4.90 Å². The fourth-order valence-electron chi connectivity index (χ4n) is 3.08. The lowest BCUT2D eigenvalue weighted by Crippen LogP contribution is -2.55. The molecule has 1 aromatic carbocycles. The minimum Gasteiger partial charge on any atom is -0.343 e. The maximum absolute atomic E-state index is 4.80. The summed E-state index contributed by atoms with van der Waals surface area (Å²) in [5, 5.41) is 6.10. The Kier molecular flexibility index (Phi) is 3.44. The van der Waals surface area contributed by atoms with Crippen LogP contribution in [0.5, 0.6) is 0 Å². The van der Waals surface area contributed by atoms with E-state index in [1.165, 1.54) is 29.6 Å². The summed E-state index contributed by atoms with van der Waals surface area (Å²) in [5.41, 5.74) is 2.62. The lowest BCUT2D eigenvalue weighted by atomic mass is 10.0. The van der Waals surface area contributed by atoms with E-state index in [1.54, 1.807) is 0 Å². The van der Waals surface area contributed by atoms with Gasteiger partial charge < -0.3 is 9.38 Å². The van der Waals surface area contributed by atoms with Gasteiger partial charge in [0.05, 0.1) is 45.8 Å². The largest absolute Gasteiger partial charge is 0.343 e. The molecule has 114 valence electrons. The molecule has 2 heterocycles. The van der Waals surface area contributed by atoms with Crippen molar-refractivity contribution < 1.29 is 4.48 Å². The number of fused-ring (bicyclic) bond motifs is 1. The molecule has 0 radical (unpaired) electrons. The molecule has 0 spiro atoms. The van der Waals surface area contributed by atoms with Crippen molar-refractivity contribution in [2.75, 3.05) is 45.2 Å². The Labute approximate surface area is 127 Å². The quantitative estimate of drug-likeness (QED) is 0.792. The molecule has 0 unspecified atom stereocenters. The second-order valence-corrected chi connectivity index (χ2v) is 7.25. The molecule has 0 atom stereocenters. The molecule has 4 nitrogen and oxygen atoms in total. The third kappa shape index (κ3) is 2.64. The van der Waals surface area contributed by atoms with Gasteiger partial charge in [-0.25, -0.2) is 0 Å². The number of nitrogens with zero attached hydrogens (tertiary/aromatic N) is 4. The summed E-state index contributed by atoms with van der Waals surface area (Å²) in [7, 11) is 6.67. The number of hydrogen-bond acceptors (Lipinski definition) is 2. The SMILES string of the molecule is CC(C)c1ccc2c(c1)c(N1CC[N+](C)(C)CC1)nn2C. The Morgan fingerprint density at radius 1 is 1.14 bits per heavy atom. The van der Waals surface area contributed by atoms with Gasteiger partial charge in [-0.3, -0.25) is 4.68 Å². The molecule has 3 rings (SSSR count). The van der Waals surface area contributed by atoms with Crippen LogP contribution in [0, 0.1) is 0 Å². The van der Waals surface area contributed by atoms with Crippen LogP contribution in [0.1, 0.15) is 25.3 Å². The maximum atomic E-state index is 4.80. The number of benzene rings is 1. The molecule has 1 aliphatic rings. The van der Waals surface area contributed by atoms with E-state index in [2.05, 4.69) is 51.0 Å². The minimum absolute atomic E-state index is 0.555. The van der Waals surface area contributed by atoms with Crippen LogP contribution in [0.3, 0.4) is 0 Å². The van der Waals surface area contributed by atoms with Crippen molar-refractivity contribution in [3.63, 3.8) is 0 Å². The number of hydrogen-bond donors (Lipinski definition) is 0. The molecule has 2 aromatic rings. The average molecular weight is 287 g/mol. The summed E-state index contributed by atoms with van der Waals surface area (Å²) < 4.78 is 3.13. The summed E-state index contributed by atoms with van der Waals surface area (Å²) >= 11 is 0. The summed E-state index contributed by atoms with van der Waals surface area (Å²) in [6.07, 6.45) is 0. The van der Waals surface area contributed by atoms with E-state index in [-0.39, 0.29) is 0 Å². The van der Waals surface area contributed by atoms with E-state index >= 15 is 0 Å². The Bertz CT molecular complexity index is 644. The zero-order valence-corrected chi connectivity index (χ0v) is 13.9. The predicted molar refractivity (Wildman–Crippen MR) is 88.9 cm³/mol. The van der Waals surface area contributed by atoms with Gasteiger partial charge >= 0.3 is 0 Å². The maximum Gasteiger partial charge on any atom is 0.158 e. The molecule has 4 heteroatoms. The van der Waals surface area contributed by atoms with Gasteiger partial charge in [-0.15, -0.1) is 0 Å². The third-order valence-corrected chi connectivity index (χ3v) is 4.77. The van der Waals surface area contributed by atoms with Gasteiger partial charge in [-0.2, -0.15) is 5.10 Å². The number of anilines is 1. The highest BCUT2D eigenvalue weighted by Crippen LogP contribution is 2.30. The van der Waals surface area contributed by atoms with Gasteiger partial charge in [0.25, 0.3) is 0 Å². The van der Waals surface area contributed by atoms with E-state index in [4.69, 9.17) is 5.10 Å². The summed E-state index contributed by atoms with van der Waals surface area (Å²) in [4.78, 5) is 2.45. The fraction of sp³-hybridized carbons (Fsp3) is 0.588. The first-order valence-corrected chi connectivity index (χ1v) is 7.91. The van der Waals surface area contributed by atoms with E-state index in [1.807, 2.05) is 11.7 Å². The van der Waals surface area contributed by atoms with Gasteiger partial charge in [0, 0.05) is 12.4 Å². The Hall–Kier alpha value is -1.55. The number of rotatable bonds is 2. The molecular weight excluding hydrogens is 260 g/mol. The van der Waals surface area contributed by atoms with Crippen LogP contribution in [-0.4, -0.2) is 54.5 Å². The van der Waals surface area contributed by atoms with Crippen molar-refractivity contribution in [1.29, 1.82) is 0 Å².